The van der Waals surface area contributed by atoms with Crippen molar-refractivity contribution in [3.05, 3.63) is 58.3 Å². The van der Waals surface area contributed by atoms with Crippen LogP contribution in [0.3, 0.4) is 0 Å². The highest BCUT2D eigenvalue weighted by atomic mass is 19.1. The molecule has 0 aliphatic rings. The fourth-order valence-electron chi connectivity index (χ4n) is 2.46. The van der Waals surface area contributed by atoms with Gasteiger partial charge in [0.1, 0.15) is 17.9 Å². The van der Waals surface area contributed by atoms with Crippen molar-refractivity contribution in [3.8, 4) is 11.5 Å². The van der Waals surface area contributed by atoms with E-state index >= 15 is 0 Å². The SMILES string of the molecule is Cc1nn(C(C)(C)C)c(=O)n1Cc1ccc(-c2ncco2)cc1F. The first kappa shape index (κ1) is 16.2. The Morgan fingerprint density at radius 2 is 2.04 bits per heavy atom. The highest BCUT2D eigenvalue weighted by molar-refractivity contribution is 5.53. The van der Waals surface area contributed by atoms with Crippen molar-refractivity contribution in [1.29, 1.82) is 0 Å². The Hall–Kier alpha value is -2.70. The van der Waals surface area contributed by atoms with E-state index < -0.39 is 11.4 Å². The van der Waals surface area contributed by atoms with Crippen LogP contribution in [0, 0.1) is 12.7 Å². The molecular formula is C17H19FN4O2. The van der Waals surface area contributed by atoms with Gasteiger partial charge in [-0.1, -0.05) is 6.07 Å². The monoisotopic (exact) mass is 330 g/mol. The quantitative estimate of drug-likeness (QED) is 0.740. The topological polar surface area (TPSA) is 65.8 Å². The minimum Gasteiger partial charge on any atom is -0.445 e. The molecule has 0 unspecified atom stereocenters. The van der Waals surface area contributed by atoms with Gasteiger partial charge in [-0.05, 0) is 39.8 Å². The summed E-state index contributed by atoms with van der Waals surface area (Å²) in [5.74, 6) is 0.487. The first-order valence-corrected chi connectivity index (χ1v) is 7.62. The zero-order valence-electron chi connectivity index (χ0n) is 14.1. The maximum absolute atomic E-state index is 14.4. The molecule has 0 amide bonds. The molecule has 0 saturated heterocycles. The average molecular weight is 330 g/mol. The second-order valence-electron chi connectivity index (χ2n) is 6.64. The first-order valence-electron chi connectivity index (χ1n) is 7.62. The smallest absolute Gasteiger partial charge is 0.346 e. The van der Waals surface area contributed by atoms with Gasteiger partial charge in [-0.2, -0.15) is 5.10 Å². The Bertz CT molecular complexity index is 917. The van der Waals surface area contributed by atoms with E-state index in [9.17, 15) is 9.18 Å². The van der Waals surface area contributed by atoms with Crippen molar-refractivity contribution in [2.24, 2.45) is 0 Å². The van der Waals surface area contributed by atoms with Crippen molar-refractivity contribution >= 4 is 0 Å². The molecule has 0 fully saturated rings. The minimum absolute atomic E-state index is 0.123. The van der Waals surface area contributed by atoms with Gasteiger partial charge in [-0.3, -0.25) is 4.57 Å². The molecule has 6 nitrogen and oxygen atoms in total. The first-order chi connectivity index (χ1) is 11.3. The van der Waals surface area contributed by atoms with E-state index in [2.05, 4.69) is 10.1 Å². The summed E-state index contributed by atoms with van der Waals surface area (Å²) in [6.07, 6.45) is 2.94. The van der Waals surface area contributed by atoms with Gasteiger partial charge in [0.2, 0.25) is 5.89 Å². The van der Waals surface area contributed by atoms with Crippen molar-refractivity contribution in [3.63, 3.8) is 0 Å². The van der Waals surface area contributed by atoms with E-state index in [-0.39, 0.29) is 12.2 Å². The van der Waals surface area contributed by atoms with Crippen LogP contribution in [-0.2, 0) is 12.1 Å². The third kappa shape index (κ3) is 2.89. The minimum atomic E-state index is -0.430. The van der Waals surface area contributed by atoms with Gasteiger partial charge >= 0.3 is 5.69 Å². The highest BCUT2D eigenvalue weighted by Gasteiger charge is 2.21. The summed E-state index contributed by atoms with van der Waals surface area (Å²) in [5, 5.41) is 4.29. The number of oxazole rings is 1. The van der Waals surface area contributed by atoms with E-state index in [1.807, 2.05) is 20.8 Å². The molecule has 126 valence electrons. The number of hydrogen-bond donors (Lipinski definition) is 0. The molecule has 24 heavy (non-hydrogen) atoms. The van der Waals surface area contributed by atoms with Crippen molar-refractivity contribution in [2.45, 2.75) is 39.8 Å². The Morgan fingerprint density at radius 1 is 1.29 bits per heavy atom. The third-order valence-electron chi connectivity index (χ3n) is 3.74. The number of hydrogen-bond acceptors (Lipinski definition) is 4. The standard InChI is InChI=1S/C17H19FN4O2/c1-11-20-22(17(2,3)4)16(23)21(11)10-13-6-5-12(9-14(13)18)15-19-7-8-24-15/h5-9H,10H2,1-4H3. The molecule has 0 aliphatic heterocycles. The second kappa shape index (κ2) is 5.74. The number of halogens is 1. The van der Waals surface area contributed by atoms with E-state index in [1.165, 1.54) is 27.8 Å². The van der Waals surface area contributed by atoms with E-state index in [1.54, 1.807) is 19.1 Å². The van der Waals surface area contributed by atoms with Gasteiger partial charge < -0.3 is 4.42 Å². The van der Waals surface area contributed by atoms with Gasteiger partial charge in [0.25, 0.3) is 0 Å². The predicted molar refractivity (Wildman–Crippen MR) is 87.2 cm³/mol. The largest absolute Gasteiger partial charge is 0.445 e. The number of benzene rings is 1. The van der Waals surface area contributed by atoms with Crippen LogP contribution in [0.4, 0.5) is 4.39 Å². The molecule has 3 rings (SSSR count). The summed E-state index contributed by atoms with van der Waals surface area (Å²) < 4.78 is 22.5. The fraction of sp³-hybridized carbons (Fsp3) is 0.353. The lowest BCUT2D eigenvalue weighted by Crippen LogP contribution is -2.36. The fourth-order valence-corrected chi connectivity index (χ4v) is 2.46. The summed E-state index contributed by atoms with van der Waals surface area (Å²) in [5.41, 5.74) is 0.274. The molecule has 0 spiro atoms. The summed E-state index contributed by atoms with van der Waals surface area (Å²) >= 11 is 0. The summed E-state index contributed by atoms with van der Waals surface area (Å²) in [4.78, 5) is 16.5. The highest BCUT2D eigenvalue weighted by Crippen LogP contribution is 2.21. The van der Waals surface area contributed by atoms with Crippen LogP contribution in [0.1, 0.15) is 32.2 Å². The summed E-state index contributed by atoms with van der Waals surface area (Å²) in [6.45, 7) is 7.56. The predicted octanol–water partition coefficient (Wildman–Crippen LogP) is 2.95. The second-order valence-corrected chi connectivity index (χ2v) is 6.64. The molecule has 2 heterocycles. The number of rotatable bonds is 3. The van der Waals surface area contributed by atoms with Gasteiger partial charge in [0.15, 0.2) is 0 Å². The van der Waals surface area contributed by atoms with Gasteiger partial charge in [0, 0.05) is 11.1 Å². The van der Waals surface area contributed by atoms with Crippen LogP contribution >= 0.6 is 0 Å². The molecule has 0 atom stereocenters. The Balaban J connectivity index is 1.95. The molecule has 0 radical (unpaired) electrons. The van der Waals surface area contributed by atoms with E-state index in [0.29, 0.717) is 22.8 Å². The maximum Gasteiger partial charge on any atom is 0.346 e. The van der Waals surface area contributed by atoms with Crippen LogP contribution in [0.25, 0.3) is 11.5 Å². The lowest BCUT2D eigenvalue weighted by Gasteiger charge is -2.16. The Kier molecular flexibility index (Phi) is 3.87. The molecule has 1 aromatic carbocycles. The van der Waals surface area contributed by atoms with Gasteiger partial charge in [-0.25, -0.2) is 18.9 Å². The summed E-state index contributed by atoms with van der Waals surface area (Å²) in [7, 11) is 0. The van der Waals surface area contributed by atoms with Crippen LogP contribution in [0.2, 0.25) is 0 Å². The van der Waals surface area contributed by atoms with Crippen molar-refractivity contribution < 1.29 is 8.81 Å². The normalized spacial score (nSPS) is 11.9. The lowest BCUT2D eigenvalue weighted by molar-refractivity contribution is 0.340. The Labute approximate surface area is 138 Å². The van der Waals surface area contributed by atoms with Crippen molar-refractivity contribution in [1.82, 2.24) is 19.3 Å². The molecule has 7 heteroatoms. The molecule has 0 saturated carbocycles. The average Bonchev–Trinajstić information content (AvgIpc) is 3.12. The zero-order valence-corrected chi connectivity index (χ0v) is 14.1. The number of aromatic nitrogens is 4. The number of nitrogens with zero attached hydrogens (tertiary/aromatic N) is 4. The molecule has 0 N–H and O–H groups in total. The lowest BCUT2D eigenvalue weighted by atomic mass is 10.1. The molecule has 3 aromatic rings. The van der Waals surface area contributed by atoms with Gasteiger partial charge in [-0.15, -0.1) is 0 Å². The van der Waals surface area contributed by atoms with Crippen LogP contribution in [-0.4, -0.2) is 19.3 Å². The van der Waals surface area contributed by atoms with E-state index in [0.717, 1.165) is 0 Å². The molecule has 0 bridgehead atoms. The van der Waals surface area contributed by atoms with Gasteiger partial charge in [0.05, 0.1) is 18.3 Å². The van der Waals surface area contributed by atoms with Crippen LogP contribution < -0.4 is 5.69 Å². The van der Waals surface area contributed by atoms with Crippen molar-refractivity contribution in [2.75, 3.05) is 0 Å². The zero-order chi connectivity index (χ0) is 17.5. The third-order valence-corrected chi connectivity index (χ3v) is 3.74. The molecular weight excluding hydrogens is 311 g/mol. The summed E-state index contributed by atoms with van der Waals surface area (Å²) in [6, 6.07) is 4.71. The molecule has 0 aliphatic carbocycles. The van der Waals surface area contributed by atoms with Crippen LogP contribution in [0.15, 0.2) is 39.9 Å². The van der Waals surface area contributed by atoms with Crippen LogP contribution in [0.5, 0.6) is 0 Å². The number of aryl methyl sites for hydroxylation is 1. The van der Waals surface area contributed by atoms with E-state index in [4.69, 9.17) is 4.42 Å². The molecule has 2 aromatic heterocycles. The Morgan fingerprint density at radius 3 is 2.58 bits per heavy atom. The maximum atomic E-state index is 14.4.